The van der Waals surface area contributed by atoms with Gasteiger partial charge >= 0.3 is 0 Å². The van der Waals surface area contributed by atoms with Gasteiger partial charge in [0.1, 0.15) is 0 Å². The van der Waals surface area contributed by atoms with Crippen molar-refractivity contribution in [2.75, 3.05) is 13.7 Å². The number of rotatable bonds is 4. The van der Waals surface area contributed by atoms with Gasteiger partial charge in [-0.25, -0.2) is 0 Å². The van der Waals surface area contributed by atoms with Crippen molar-refractivity contribution in [3.05, 3.63) is 16.9 Å². The van der Waals surface area contributed by atoms with Crippen molar-refractivity contribution in [1.29, 1.82) is 0 Å². The molecule has 0 amide bonds. The van der Waals surface area contributed by atoms with E-state index in [-0.39, 0.29) is 6.10 Å². The predicted octanol–water partition coefficient (Wildman–Crippen LogP) is 2.20. The molecular formula is C12H19ClN2O2. The van der Waals surface area contributed by atoms with Gasteiger partial charge in [0.25, 0.3) is 0 Å². The molecule has 0 spiro atoms. The minimum absolute atomic E-state index is 0.199. The number of aliphatic hydroxyl groups excluding tert-OH is 1. The fraction of sp³-hybridized carbons (Fsp3) is 0.750. The van der Waals surface area contributed by atoms with E-state index in [0.717, 1.165) is 31.4 Å². The highest BCUT2D eigenvalue weighted by atomic mass is 35.5. The topological polar surface area (TPSA) is 47.3 Å². The van der Waals surface area contributed by atoms with E-state index in [9.17, 15) is 5.11 Å². The van der Waals surface area contributed by atoms with E-state index in [4.69, 9.17) is 16.3 Å². The first-order valence-corrected chi connectivity index (χ1v) is 6.48. The average Bonchev–Trinajstić information content (AvgIpc) is 2.68. The quantitative estimate of drug-likeness (QED) is 0.901. The lowest BCUT2D eigenvalue weighted by Crippen LogP contribution is -2.21. The predicted molar refractivity (Wildman–Crippen MR) is 66.3 cm³/mol. The molecule has 1 aromatic rings. The van der Waals surface area contributed by atoms with Crippen molar-refractivity contribution in [2.24, 2.45) is 0 Å². The molecule has 4 nitrogen and oxygen atoms in total. The normalized spacial score (nSPS) is 25.1. The molecule has 17 heavy (non-hydrogen) atoms. The third-order valence-corrected chi connectivity index (χ3v) is 3.66. The molecule has 0 radical (unpaired) electrons. The number of nitrogens with zero attached hydrogens (tertiary/aromatic N) is 2. The second-order valence-electron chi connectivity index (χ2n) is 4.61. The molecule has 0 aromatic carbocycles. The molecule has 1 aliphatic rings. The summed E-state index contributed by atoms with van der Waals surface area (Å²) in [5.74, 6) is 0.325. The zero-order valence-corrected chi connectivity index (χ0v) is 10.9. The van der Waals surface area contributed by atoms with E-state index in [1.54, 1.807) is 13.3 Å². The zero-order chi connectivity index (χ0) is 12.3. The first-order valence-electron chi connectivity index (χ1n) is 6.10. The Morgan fingerprint density at radius 2 is 2.41 bits per heavy atom. The van der Waals surface area contributed by atoms with E-state index in [1.807, 2.05) is 4.68 Å². The van der Waals surface area contributed by atoms with Crippen LogP contribution in [0.3, 0.4) is 0 Å². The number of methoxy groups -OCH3 is 1. The highest BCUT2D eigenvalue weighted by molar-refractivity contribution is 6.31. The summed E-state index contributed by atoms with van der Waals surface area (Å²) < 4.78 is 6.98. The van der Waals surface area contributed by atoms with E-state index in [0.29, 0.717) is 24.1 Å². The first kappa shape index (κ1) is 12.9. The van der Waals surface area contributed by atoms with Gasteiger partial charge in [-0.15, -0.1) is 0 Å². The van der Waals surface area contributed by atoms with Crippen LogP contribution in [0.5, 0.6) is 0 Å². The van der Waals surface area contributed by atoms with Crippen molar-refractivity contribution >= 4 is 11.6 Å². The number of ether oxygens (including phenoxy) is 1. The van der Waals surface area contributed by atoms with Crippen LogP contribution >= 0.6 is 11.6 Å². The van der Waals surface area contributed by atoms with Gasteiger partial charge in [0.15, 0.2) is 0 Å². The number of halogens is 1. The van der Waals surface area contributed by atoms with Gasteiger partial charge in [0, 0.05) is 13.0 Å². The third kappa shape index (κ3) is 3.00. The second-order valence-corrected chi connectivity index (χ2v) is 5.02. The highest BCUT2D eigenvalue weighted by Crippen LogP contribution is 2.36. The van der Waals surface area contributed by atoms with Crippen LogP contribution in [0.4, 0.5) is 0 Å². The Morgan fingerprint density at radius 3 is 3.12 bits per heavy atom. The molecule has 0 aliphatic heterocycles. The second kappa shape index (κ2) is 5.85. The lowest BCUT2D eigenvalue weighted by Gasteiger charge is -2.26. The van der Waals surface area contributed by atoms with Crippen LogP contribution < -0.4 is 0 Å². The lowest BCUT2D eigenvalue weighted by atomic mass is 9.85. The largest absolute Gasteiger partial charge is 0.393 e. The molecule has 0 bridgehead atoms. The molecule has 1 fully saturated rings. The van der Waals surface area contributed by atoms with Gasteiger partial charge in [-0.3, -0.25) is 4.68 Å². The first-order chi connectivity index (χ1) is 8.22. The van der Waals surface area contributed by atoms with E-state index in [2.05, 4.69) is 5.10 Å². The van der Waals surface area contributed by atoms with Crippen LogP contribution in [0, 0.1) is 0 Å². The number of aliphatic hydroxyl groups is 1. The summed E-state index contributed by atoms with van der Waals surface area (Å²) in [4.78, 5) is 0. The molecule has 1 saturated carbocycles. The van der Waals surface area contributed by atoms with Crippen molar-refractivity contribution < 1.29 is 9.84 Å². The van der Waals surface area contributed by atoms with Crippen LogP contribution in [0.25, 0.3) is 0 Å². The number of hydrogen-bond acceptors (Lipinski definition) is 3. The fourth-order valence-electron chi connectivity index (χ4n) is 2.55. The molecule has 1 aliphatic carbocycles. The van der Waals surface area contributed by atoms with Crippen LogP contribution in [0.1, 0.15) is 37.3 Å². The fourth-order valence-corrected chi connectivity index (χ4v) is 2.84. The summed E-state index contributed by atoms with van der Waals surface area (Å²) in [5, 5.41) is 14.7. The van der Waals surface area contributed by atoms with Gasteiger partial charge in [0.2, 0.25) is 0 Å². The smallest absolute Gasteiger partial charge is 0.0820 e. The van der Waals surface area contributed by atoms with Crippen LogP contribution in [-0.4, -0.2) is 34.7 Å². The Morgan fingerprint density at radius 1 is 1.59 bits per heavy atom. The van der Waals surface area contributed by atoms with Crippen LogP contribution in [0.15, 0.2) is 6.20 Å². The van der Waals surface area contributed by atoms with E-state index >= 15 is 0 Å². The molecule has 5 heteroatoms. The Balaban J connectivity index is 2.14. The molecule has 1 aromatic heterocycles. The summed E-state index contributed by atoms with van der Waals surface area (Å²) in [6.07, 6.45) is 5.31. The van der Waals surface area contributed by atoms with Gasteiger partial charge in [-0.1, -0.05) is 18.0 Å². The minimum Gasteiger partial charge on any atom is -0.393 e. The number of hydrogen-bond donors (Lipinski definition) is 1. The van der Waals surface area contributed by atoms with Crippen LogP contribution in [-0.2, 0) is 11.3 Å². The van der Waals surface area contributed by atoms with Crippen molar-refractivity contribution in [2.45, 2.75) is 44.2 Å². The number of aromatic nitrogens is 2. The molecule has 1 N–H and O–H groups in total. The summed E-state index contributed by atoms with van der Waals surface area (Å²) in [6.45, 7) is 1.34. The average molecular weight is 259 g/mol. The van der Waals surface area contributed by atoms with Crippen molar-refractivity contribution in [1.82, 2.24) is 9.78 Å². The van der Waals surface area contributed by atoms with Crippen molar-refractivity contribution in [3.8, 4) is 0 Å². The summed E-state index contributed by atoms with van der Waals surface area (Å²) >= 11 is 6.20. The molecule has 96 valence electrons. The molecule has 2 unspecified atom stereocenters. The maximum atomic E-state index is 9.74. The molecule has 2 atom stereocenters. The lowest BCUT2D eigenvalue weighted by molar-refractivity contribution is 0.117. The summed E-state index contributed by atoms with van der Waals surface area (Å²) in [6, 6.07) is 0. The molecule has 2 rings (SSSR count). The third-order valence-electron chi connectivity index (χ3n) is 3.37. The van der Waals surface area contributed by atoms with Gasteiger partial charge in [-0.2, -0.15) is 5.10 Å². The Kier molecular flexibility index (Phi) is 4.42. The summed E-state index contributed by atoms with van der Waals surface area (Å²) in [5.41, 5.74) is 1.06. The highest BCUT2D eigenvalue weighted by Gasteiger charge is 2.26. The molecule has 1 heterocycles. The van der Waals surface area contributed by atoms with Crippen LogP contribution in [0.2, 0.25) is 5.02 Å². The van der Waals surface area contributed by atoms with Gasteiger partial charge in [0.05, 0.1) is 36.2 Å². The zero-order valence-electron chi connectivity index (χ0n) is 10.1. The van der Waals surface area contributed by atoms with E-state index in [1.165, 1.54) is 0 Å². The monoisotopic (exact) mass is 258 g/mol. The minimum atomic E-state index is -0.199. The Bertz CT molecular complexity index is 367. The van der Waals surface area contributed by atoms with E-state index < -0.39 is 0 Å². The van der Waals surface area contributed by atoms with Gasteiger partial charge in [-0.05, 0) is 19.3 Å². The maximum absolute atomic E-state index is 9.74. The van der Waals surface area contributed by atoms with Gasteiger partial charge < -0.3 is 9.84 Å². The Hall–Kier alpha value is -0.580. The molecule has 0 saturated heterocycles. The molecular weight excluding hydrogens is 240 g/mol. The summed E-state index contributed by atoms with van der Waals surface area (Å²) in [7, 11) is 1.68. The maximum Gasteiger partial charge on any atom is 0.0820 e. The Labute approximate surface area is 107 Å². The SMILES string of the molecule is COCCn1ncc(Cl)c1C1CCCC(O)C1. The van der Waals surface area contributed by atoms with Crippen molar-refractivity contribution in [3.63, 3.8) is 0 Å². The standard InChI is InChI=1S/C12H19ClN2O2/c1-17-6-5-15-12(11(13)8-14-15)9-3-2-4-10(16)7-9/h8-10,16H,2-7H2,1H3.